The third-order valence-electron chi connectivity index (χ3n) is 2.28. The average molecular weight is 303 g/mol. The van der Waals surface area contributed by atoms with Gasteiger partial charge in [0.25, 0.3) is 0 Å². The van der Waals surface area contributed by atoms with Crippen LogP contribution in [0.25, 0.3) is 0 Å². The summed E-state index contributed by atoms with van der Waals surface area (Å²) in [5.74, 6) is 0.616. The predicted octanol–water partition coefficient (Wildman–Crippen LogP) is 2.73. The van der Waals surface area contributed by atoms with Crippen LogP contribution in [0.15, 0.2) is 0 Å². The van der Waals surface area contributed by atoms with E-state index in [1.807, 2.05) is 0 Å². The first-order valence-electron chi connectivity index (χ1n) is 6.80. The lowest BCUT2D eigenvalue weighted by Crippen LogP contribution is -2.46. The van der Waals surface area contributed by atoms with Gasteiger partial charge in [-0.2, -0.15) is 11.8 Å². The number of carbonyl (C=O) groups is 2. The van der Waals surface area contributed by atoms with Crippen molar-refractivity contribution >= 4 is 23.8 Å². The summed E-state index contributed by atoms with van der Waals surface area (Å²) in [4.78, 5) is 23.9. The van der Waals surface area contributed by atoms with Gasteiger partial charge in [-0.3, -0.25) is 0 Å². The second kappa shape index (κ2) is 6.24. The number of rotatable bonds is 4. The van der Waals surface area contributed by atoms with E-state index < -0.39 is 29.3 Å². The molecule has 0 saturated carbocycles. The van der Waals surface area contributed by atoms with Crippen molar-refractivity contribution in [3.05, 3.63) is 0 Å². The van der Waals surface area contributed by atoms with Gasteiger partial charge >= 0.3 is 12.1 Å². The fraction of sp³-hybridized carbons (Fsp3) is 0.857. The van der Waals surface area contributed by atoms with Crippen molar-refractivity contribution in [1.82, 2.24) is 5.32 Å². The first-order chi connectivity index (χ1) is 8.96. The second-order valence-electron chi connectivity index (χ2n) is 6.92. The molecule has 2 atom stereocenters. The average Bonchev–Trinajstić information content (AvgIpc) is 2.94. The molecule has 0 spiro atoms. The SMILES string of the molecule is CC(C)(C)OC(=O)NC(C[C@H]1CS1)C(=O)OC(C)(C)C. The molecular weight excluding hydrogens is 278 g/mol. The number of carbonyl (C=O) groups excluding carboxylic acids is 2. The number of thioether (sulfide) groups is 1. The van der Waals surface area contributed by atoms with Crippen molar-refractivity contribution in [1.29, 1.82) is 0 Å². The standard InChI is InChI=1S/C14H25NO4S/c1-13(2,3)18-11(16)10(7-9-8-20-9)15-12(17)19-14(4,5)6/h9-10H,7-8H2,1-6H3,(H,15,17)/t9-,10?/m0/s1. The highest BCUT2D eigenvalue weighted by atomic mass is 32.2. The van der Waals surface area contributed by atoms with Gasteiger partial charge in [-0.1, -0.05) is 0 Å². The van der Waals surface area contributed by atoms with Gasteiger partial charge in [0.1, 0.15) is 17.2 Å². The van der Waals surface area contributed by atoms with E-state index in [9.17, 15) is 9.59 Å². The molecule has 1 N–H and O–H groups in total. The molecule has 0 aromatic rings. The Kier molecular flexibility index (Phi) is 5.35. The summed E-state index contributed by atoms with van der Waals surface area (Å²) in [6.45, 7) is 10.8. The smallest absolute Gasteiger partial charge is 0.408 e. The van der Waals surface area contributed by atoms with E-state index in [0.717, 1.165) is 5.75 Å². The molecule has 6 heteroatoms. The Bertz CT molecular complexity index is 366. The molecule has 0 aromatic carbocycles. The van der Waals surface area contributed by atoms with Gasteiger partial charge in [0, 0.05) is 11.0 Å². The first kappa shape index (κ1) is 17.1. The van der Waals surface area contributed by atoms with Crippen LogP contribution in [0.2, 0.25) is 0 Å². The predicted molar refractivity (Wildman–Crippen MR) is 79.9 cm³/mol. The Morgan fingerprint density at radius 1 is 1.15 bits per heavy atom. The maximum atomic E-state index is 12.1. The summed E-state index contributed by atoms with van der Waals surface area (Å²) in [5.41, 5.74) is -1.15. The zero-order valence-corrected chi connectivity index (χ0v) is 13.9. The molecule has 20 heavy (non-hydrogen) atoms. The van der Waals surface area contributed by atoms with E-state index in [2.05, 4.69) is 5.32 Å². The van der Waals surface area contributed by atoms with Gasteiger partial charge in [-0.15, -0.1) is 0 Å². The quantitative estimate of drug-likeness (QED) is 0.639. The van der Waals surface area contributed by atoms with Crippen LogP contribution in [-0.2, 0) is 14.3 Å². The number of hydrogen-bond acceptors (Lipinski definition) is 5. The van der Waals surface area contributed by atoms with Gasteiger partial charge in [0.05, 0.1) is 0 Å². The minimum atomic E-state index is -0.649. The molecule has 1 aliphatic heterocycles. The number of ether oxygens (including phenoxy) is 2. The molecule has 1 saturated heterocycles. The summed E-state index contributed by atoms with van der Waals surface area (Å²) < 4.78 is 10.5. The van der Waals surface area contributed by atoms with Crippen LogP contribution in [-0.4, -0.2) is 40.3 Å². The van der Waals surface area contributed by atoms with Crippen molar-refractivity contribution < 1.29 is 19.1 Å². The molecule has 0 radical (unpaired) electrons. The topological polar surface area (TPSA) is 64.6 Å². The van der Waals surface area contributed by atoms with Crippen LogP contribution in [0, 0.1) is 0 Å². The van der Waals surface area contributed by atoms with Gasteiger partial charge in [0.15, 0.2) is 0 Å². The fourth-order valence-corrected chi connectivity index (χ4v) is 2.10. The molecule has 0 aliphatic carbocycles. The number of alkyl carbamates (subject to hydrolysis) is 1. The lowest BCUT2D eigenvalue weighted by Gasteiger charge is -2.26. The lowest BCUT2D eigenvalue weighted by atomic mass is 10.1. The lowest BCUT2D eigenvalue weighted by molar-refractivity contribution is -0.157. The van der Waals surface area contributed by atoms with E-state index in [1.54, 1.807) is 53.3 Å². The van der Waals surface area contributed by atoms with Crippen molar-refractivity contribution in [3.8, 4) is 0 Å². The Balaban J connectivity index is 2.59. The van der Waals surface area contributed by atoms with E-state index in [4.69, 9.17) is 9.47 Å². The number of nitrogens with one attached hydrogen (secondary N) is 1. The maximum absolute atomic E-state index is 12.1. The Morgan fingerprint density at radius 2 is 1.65 bits per heavy atom. The Labute approximate surface area is 125 Å². The van der Waals surface area contributed by atoms with Gasteiger partial charge in [0.2, 0.25) is 0 Å². The van der Waals surface area contributed by atoms with Crippen molar-refractivity contribution in [2.45, 2.75) is 70.5 Å². The highest BCUT2D eigenvalue weighted by Crippen LogP contribution is 2.34. The Hall–Kier alpha value is -0.910. The maximum Gasteiger partial charge on any atom is 0.408 e. The van der Waals surface area contributed by atoms with Crippen LogP contribution in [0.4, 0.5) is 4.79 Å². The van der Waals surface area contributed by atoms with E-state index in [0.29, 0.717) is 11.7 Å². The highest BCUT2D eigenvalue weighted by Gasteiger charge is 2.34. The van der Waals surface area contributed by atoms with Crippen LogP contribution in [0.1, 0.15) is 48.0 Å². The van der Waals surface area contributed by atoms with Gasteiger partial charge in [-0.25, -0.2) is 9.59 Å². The molecule has 1 heterocycles. The number of hydrogen-bond donors (Lipinski definition) is 1. The summed E-state index contributed by atoms with van der Waals surface area (Å²) in [6.07, 6.45) is -0.00209. The molecule has 0 bridgehead atoms. The summed E-state index contributed by atoms with van der Waals surface area (Å²) in [7, 11) is 0. The zero-order valence-electron chi connectivity index (χ0n) is 13.1. The van der Waals surface area contributed by atoms with Crippen LogP contribution in [0.5, 0.6) is 0 Å². The molecule has 1 amide bonds. The third-order valence-corrected chi connectivity index (χ3v) is 3.28. The molecule has 5 nitrogen and oxygen atoms in total. The molecule has 1 rings (SSSR count). The summed E-state index contributed by atoms with van der Waals surface area (Å²) in [5, 5.41) is 3.04. The van der Waals surface area contributed by atoms with Gasteiger partial charge in [-0.05, 0) is 48.0 Å². The van der Waals surface area contributed by atoms with Crippen molar-refractivity contribution in [2.75, 3.05) is 5.75 Å². The largest absolute Gasteiger partial charge is 0.458 e. The van der Waals surface area contributed by atoms with Crippen LogP contribution < -0.4 is 5.32 Å². The van der Waals surface area contributed by atoms with Crippen LogP contribution in [0.3, 0.4) is 0 Å². The summed E-state index contributed by atoms with van der Waals surface area (Å²) in [6, 6.07) is -0.649. The minimum absolute atomic E-state index is 0.407. The minimum Gasteiger partial charge on any atom is -0.458 e. The number of esters is 1. The fourth-order valence-electron chi connectivity index (χ4n) is 1.50. The molecule has 1 unspecified atom stereocenters. The van der Waals surface area contributed by atoms with E-state index >= 15 is 0 Å². The van der Waals surface area contributed by atoms with Crippen molar-refractivity contribution in [3.63, 3.8) is 0 Å². The summed E-state index contributed by atoms with van der Waals surface area (Å²) >= 11 is 1.77. The molecular formula is C14H25NO4S. The van der Waals surface area contributed by atoms with Gasteiger partial charge < -0.3 is 14.8 Å². The monoisotopic (exact) mass is 303 g/mol. The Morgan fingerprint density at radius 3 is 2.05 bits per heavy atom. The van der Waals surface area contributed by atoms with E-state index in [1.165, 1.54) is 0 Å². The molecule has 1 fully saturated rings. The second-order valence-corrected chi connectivity index (χ2v) is 8.26. The van der Waals surface area contributed by atoms with Crippen LogP contribution >= 0.6 is 11.8 Å². The zero-order chi connectivity index (χ0) is 15.6. The molecule has 1 aliphatic rings. The normalized spacial score (nSPS) is 20.0. The third kappa shape index (κ3) is 7.62. The number of amides is 1. The van der Waals surface area contributed by atoms with Crippen molar-refractivity contribution in [2.24, 2.45) is 0 Å². The highest BCUT2D eigenvalue weighted by molar-refractivity contribution is 8.06. The first-order valence-corrected chi connectivity index (χ1v) is 7.85. The van der Waals surface area contributed by atoms with E-state index in [-0.39, 0.29) is 0 Å². The molecule has 0 aromatic heterocycles. The molecule has 116 valence electrons.